The number of hydrogen-bond donors (Lipinski definition) is 1. The van der Waals surface area contributed by atoms with Gasteiger partial charge in [0.25, 0.3) is 0 Å². The van der Waals surface area contributed by atoms with E-state index in [2.05, 4.69) is 9.97 Å². The van der Waals surface area contributed by atoms with E-state index in [1.54, 1.807) is 10.6 Å². The zero-order valence-corrected chi connectivity index (χ0v) is 12.9. The van der Waals surface area contributed by atoms with Gasteiger partial charge in [-0.15, -0.1) is 0 Å². The van der Waals surface area contributed by atoms with Gasteiger partial charge in [-0.1, -0.05) is 6.07 Å². The highest BCUT2D eigenvalue weighted by Gasteiger charge is 2.12. The molecule has 6 heteroatoms. The summed E-state index contributed by atoms with van der Waals surface area (Å²) in [4.78, 5) is 8.71. The maximum atomic E-state index is 13.7. The molecular weight excluding hydrogens is 370 g/mol. The number of aromatic nitrogens is 3. The first-order valence-corrected chi connectivity index (χ1v) is 7.16. The molecular formula is C14H12FIN4. The van der Waals surface area contributed by atoms with Gasteiger partial charge in [0.15, 0.2) is 0 Å². The highest BCUT2D eigenvalue weighted by molar-refractivity contribution is 14.1. The summed E-state index contributed by atoms with van der Waals surface area (Å²) in [5.74, 6) is 0.0983. The van der Waals surface area contributed by atoms with E-state index in [0.717, 1.165) is 11.4 Å². The van der Waals surface area contributed by atoms with Crippen LogP contribution in [0.15, 0.2) is 30.3 Å². The summed E-state index contributed by atoms with van der Waals surface area (Å²) in [5, 5.41) is 0. The molecule has 20 heavy (non-hydrogen) atoms. The molecule has 2 aromatic heterocycles. The minimum Gasteiger partial charge on any atom is -0.369 e. The largest absolute Gasteiger partial charge is 0.369 e. The summed E-state index contributed by atoms with van der Waals surface area (Å²) >= 11 is 1.94. The van der Waals surface area contributed by atoms with E-state index in [-0.39, 0.29) is 5.82 Å². The fourth-order valence-electron chi connectivity index (χ4n) is 2.15. The van der Waals surface area contributed by atoms with Crippen LogP contribution in [0.25, 0.3) is 11.0 Å². The third-order valence-electron chi connectivity index (χ3n) is 3.09. The van der Waals surface area contributed by atoms with Gasteiger partial charge >= 0.3 is 0 Å². The average Bonchev–Trinajstić information content (AvgIpc) is 2.67. The molecule has 0 fully saturated rings. The number of halogens is 2. The van der Waals surface area contributed by atoms with Gasteiger partial charge in [-0.2, -0.15) is 0 Å². The summed E-state index contributed by atoms with van der Waals surface area (Å²) in [6.45, 7) is 2.41. The summed E-state index contributed by atoms with van der Waals surface area (Å²) in [6.07, 6.45) is 0. The fraction of sp³-hybridized carbons (Fsp3) is 0.143. The molecule has 1 aromatic carbocycles. The van der Waals surface area contributed by atoms with Crippen LogP contribution in [0.5, 0.6) is 0 Å². The van der Waals surface area contributed by atoms with Crippen molar-refractivity contribution in [3.8, 4) is 0 Å². The third-order valence-corrected chi connectivity index (χ3v) is 3.91. The second kappa shape index (κ2) is 5.01. The van der Waals surface area contributed by atoms with E-state index in [4.69, 9.17) is 5.73 Å². The number of anilines is 1. The SMILES string of the molecule is Cc1cccc(Cn2c(N)nc3cc(I)c(F)cc32)n1. The lowest BCUT2D eigenvalue weighted by Crippen LogP contribution is -2.06. The second-order valence-corrected chi connectivity index (χ2v) is 5.74. The molecule has 0 saturated carbocycles. The summed E-state index contributed by atoms with van der Waals surface area (Å²) in [7, 11) is 0. The number of hydrogen-bond acceptors (Lipinski definition) is 3. The Morgan fingerprint density at radius 2 is 2.10 bits per heavy atom. The molecule has 0 aliphatic carbocycles. The molecule has 0 aliphatic rings. The standard InChI is InChI=1S/C14H12FIN4/c1-8-3-2-4-9(18-8)7-20-13-5-10(15)11(16)6-12(13)19-14(20)17/h2-6H,7H2,1H3,(H2,17,19). The molecule has 2 heterocycles. The zero-order valence-electron chi connectivity index (χ0n) is 10.8. The number of imidazole rings is 1. The van der Waals surface area contributed by atoms with Crippen LogP contribution in [0.2, 0.25) is 0 Å². The molecule has 2 N–H and O–H groups in total. The maximum absolute atomic E-state index is 13.7. The van der Waals surface area contributed by atoms with Crippen molar-refractivity contribution in [1.29, 1.82) is 0 Å². The monoisotopic (exact) mass is 382 g/mol. The number of pyridine rings is 1. The molecule has 0 saturated heterocycles. The maximum Gasteiger partial charge on any atom is 0.201 e. The van der Waals surface area contributed by atoms with Gasteiger partial charge in [0.2, 0.25) is 5.95 Å². The van der Waals surface area contributed by atoms with Crippen LogP contribution in [-0.4, -0.2) is 14.5 Å². The van der Waals surface area contributed by atoms with Gasteiger partial charge in [0, 0.05) is 11.8 Å². The first-order chi connectivity index (χ1) is 9.54. The van der Waals surface area contributed by atoms with Crippen molar-refractivity contribution in [2.45, 2.75) is 13.5 Å². The molecule has 0 spiro atoms. The lowest BCUT2D eigenvalue weighted by atomic mass is 10.3. The van der Waals surface area contributed by atoms with E-state index in [9.17, 15) is 4.39 Å². The van der Waals surface area contributed by atoms with Gasteiger partial charge in [-0.05, 0) is 47.7 Å². The van der Waals surface area contributed by atoms with Crippen molar-refractivity contribution < 1.29 is 4.39 Å². The number of nitrogens with two attached hydrogens (primary N) is 1. The van der Waals surface area contributed by atoms with E-state index < -0.39 is 0 Å². The van der Waals surface area contributed by atoms with E-state index in [1.807, 2.05) is 47.7 Å². The fourth-order valence-corrected chi connectivity index (χ4v) is 2.61. The molecule has 4 nitrogen and oxygen atoms in total. The lowest BCUT2D eigenvalue weighted by Gasteiger charge is -2.07. The summed E-state index contributed by atoms with van der Waals surface area (Å²) in [5.41, 5.74) is 9.12. The smallest absolute Gasteiger partial charge is 0.201 e. The van der Waals surface area contributed by atoms with Crippen LogP contribution in [0.4, 0.5) is 10.3 Å². The number of nitrogens with zero attached hydrogens (tertiary/aromatic N) is 3. The summed E-state index contributed by atoms with van der Waals surface area (Å²) < 4.78 is 16.0. The van der Waals surface area contributed by atoms with Crippen LogP contribution in [0.1, 0.15) is 11.4 Å². The highest BCUT2D eigenvalue weighted by Crippen LogP contribution is 2.23. The van der Waals surface area contributed by atoms with Gasteiger partial charge < -0.3 is 10.3 Å². The Morgan fingerprint density at radius 1 is 1.30 bits per heavy atom. The number of fused-ring (bicyclic) bond motifs is 1. The lowest BCUT2D eigenvalue weighted by molar-refractivity contribution is 0.621. The van der Waals surface area contributed by atoms with Crippen LogP contribution < -0.4 is 5.73 Å². The number of rotatable bonds is 2. The molecule has 0 radical (unpaired) electrons. The molecule has 102 valence electrons. The zero-order chi connectivity index (χ0) is 14.3. The Morgan fingerprint density at radius 3 is 2.85 bits per heavy atom. The normalized spacial score (nSPS) is 11.2. The Hall–Kier alpha value is -1.70. The first-order valence-electron chi connectivity index (χ1n) is 6.08. The highest BCUT2D eigenvalue weighted by atomic mass is 127. The quantitative estimate of drug-likeness (QED) is 0.693. The van der Waals surface area contributed by atoms with E-state index in [1.165, 1.54) is 6.07 Å². The molecule has 0 bridgehead atoms. The van der Waals surface area contributed by atoms with Crippen LogP contribution in [0, 0.1) is 16.3 Å². The topological polar surface area (TPSA) is 56.7 Å². The Labute approximate surface area is 129 Å². The van der Waals surface area contributed by atoms with E-state index >= 15 is 0 Å². The van der Waals surface area contributed by atoms with Crippen LogP contribution >= 0.6 is 22.6 Å². The molecule has 3 rings (SSSR count). The van der Waals surface area contributed by atoms with Crippen molar-refractivity contribution in [3.05, 3.63) is 51.1 Å². The van der Waals surface area contributed by atoms with Gasteiger partial charge in [0.1, 0.15) is 5.82 Å². The minimum atomic E-state index is -0.267. The van der Waals surface area contributed by atoms with Crippen molar-refractivity contribution in [1.82, 2.24) is 14.5 Å². The first kappa shape index (κ1) is 13.3. The van der Waals surface area contributed by atoms with Crippen molar-refractivity contribution in [2.75, 3.05) is 5.73 Å². The molecule has 3 aromatic rings. The Kier molecular flexibility index (Phi) is 3.33. The predicted octanol–water partition coefficient (Wildman–Crippen LogP) is 3.11. The predicted molar refractivity (Wildman–Crippen MR) is 84.9 cm³/mol. The van der Waals surface area contributed by atoms with Gasteiger partial charge in [-0.25, -0.2) is 9.37 Å². The van der Waals surface area contributed by atoms with Crippen molar-refractivity contribution in [2.24, 2.45) is 0 Å². The summed E-state index contributed by atoms with van der Waals surface area (Å²) in [6, 6.07) is 8.96. The molecule has 0 atom stereocenters. The van der Waals surface area contributed by atoms with Crippen LogP contribution in [0.3, 0.4) is 0 Å². The number of aryl methyl sites for hydroxylation is 1. The third kappa shape index (κ3) is 2.35. The molecule has 0 aliphatic heterocycles. The minimum absolute atomic E-state index is 0.267. The van der Waals surface area contributed by atoms with Crippen molar-refractivity contribution in [3.63, 3.8) is 0 Å². The van der Waals surface area contributed by atoms with Crippen LogP contribution in [-0.2, 0) is 6.54 Å². The van der Waals surface area contributed by atoms with E-state index in [0.29, 0.717) is 27.1 Å². The number of nitrogen functional groups attached to an aromatic ring is 1. The number of benzene rings is 1. The Bertz CT molecular complexity index is 797. The van der Waals surface area contributed by atoms with Crippen molar-refractivity contribution >= 4 is 39.6 Å². The molecule has 0 amide bonds. The van der Waals surface area contributed by atoms with Gasteiger partial charge in [0.05, 0.1) is 26.8 Å². The molecule has 0 unspecified atom stereocenters. The Balaban J connectivity index is 2.11. The average molecular weight is 382 g/mol. The second-order valence-electron chi connectivity index (χ2n) is 4.58. The van der Waals surface area contributed by atoms with Gasteiger partial charge in [-0.3, -0.25) is 4.98 Å².